The van der Waals surface area contributed by atoms with Gasteiger partial charge in [0.2, 0.25) is 11.8 Å². The lowest BCUT2D eigenvalue weighted by molar-refractivity contribution is -0.125. The number of amides is 2. The van der Waals surface area contributed by atoms with Gasteiger partial charge in [-0.05, 0) is 36.4 Å². The molecule has 0 N–H and O–H groups in total. The van der Waals surface area contributed by atoms with Gasteiger partial charge in [0.15, 0.2) is 6.10 Å². The van der Waals surface area contributed by atoms with Gasteiger partial charge in [0.1, 0.15) is 6.10 Å². The van der Waals surface area contributed by atoms with E-state index in [2.05, 4.69) is 5.16 Å². The molecule has 0 radical (unpaired) electrons. The Hall–Kier alpha value is -2.12. The van der Waals surface area contributed by atoms with Crippen LogP contribution in [0.2, 0.25) is 15.1 Å². The number of carbonyl (C=O) groups is 2. The lowest BCUT2D eigenvalue weighted by Gasteiger charge is -2.26. The lowest BCUT2D eigenvalue weighted by atomic mass is 9.71. The molecule has 4 aliphatic rings. The maximum atomic E-state index is 13.3. The molecule has 2 aromatic carbocycles. The van der Waals surface area contributed by atoms with E-state index >= 15 is 0 Å². The van der Waals surface area contributed by atoms with Crippen molar-refractivity contribution in [3.8, 4) is 0 Å². The molecule has 30 heavy (non-hydrogen) atoms. The smallest absolute Gasteiger partial charge is 0.240 e. The van der Waals surface area contributed by atoms with Crippen molar-refractivity contribution in [3.63, 3.8) is 0 Å². The van der Waals surface area contributed by atoms with Crippen LogP contribution in [0, 0.1) is 17.8 Å². The molecule has 6 rings (SSSR count). The summed E-state index contributed by atoms with van der Waals surface area (Å²) in [6.07, 6.45) is -1.47. The molecule has 0 saturated carbocycles. The van der Waals surface area contributed by atoms with E-state index in [1.54, 1.807) is 42.5 Å². The summed E-state index contributed by atoms with van der Waals surface area (Å²) in [5, 5.41) is 5.74. The Bertz CT molecular complexity index is 1140. The van der Waals surface area contributed by atoms with E-state index < -0.39 is 30.1 Å². The van der Waals surface area contributed by atoms with Crippen LogP contribution >= 0.6 is 34.8 Å². The normalized spacial score (nSPS) is 33.6. The number of ether oxygens (including phenoxy) is 1. The predicted octanol–water partition coefficient (Wildman–Crippen LogP) is 3.95. The van der Waals surface area contributed by atoms with Gasteiger partial charge in [-0.25, -0.2) is 4.90 Å². The second-order valence-corrected chi connectivity index (χ2v) is 9.08. The van der Waals surface area contributed by atoms with Crippen LogP contribution in [-0.2, 0) is 19.2 Å². The highest BCUT2D eigenvalue weighted by Crippen LogP contribution is 2.55. The molecule has 0 spiro atoms. The van der Waals surface area contributed by atoms with Crippen molar-refractivity contribution in [2.24, 2.45) is 22.9 Å². The summed E-state index contributed by atoms with van der Waals surface area (Å²) in [5.74, 6) is -2.00. The van der Waals surface area contributed by atoms with Crippen molar-refractivity contribution in [2.75, 3.05) is 4.90 Å². The summed E-state index contributed by atoms with van der Waals surface area (Å²) >= 11 is 18.3. The van der Waals surface area contributed by atoms with E-state index in [4.69, 9.17) is 44.4 Å². The van der Waals surface area contributed by atoms with Gasteiger partial charge in [-0.1, -0.05) is 46.0 Å². The third-order valence-electron chi connectivity index (χ3n) is 6.33. The summed E-state index contributed by atoms with van der Waals surface area (Å²) in [5.41, 5.74) is 1.81. The number of hydrogen-bond donors (Lipinski definition) is 0. The molecule has 0 aromatic heterocycles. The minimum atomic E-state index is -0.588. The fourth-order valence-electron chi connectivity index (χ4n) is 5.12. The van der Waals surface area contributed by atoms with Gasteiger partial charge >= 0.3 is 0 Å². The second-order valence-electron chi connectivity index (χ2n) is 7.80. The lowest BCUT2D eigenvalue weighted by Crippen LogP contribution is -2.45. The molecule has 6 nitrogen and oxygen atoms in total. The molecular formula is C21H13Cl3N2O4. The molecule has 6 atom stereocenters. The second kappa shape index (κ2) is 6.44. The van der Waals surface area contributed by atoms with E-state index in [1.807, 2.05) is 0 Å². The number of carbonyl (C=O) groups excluding carboxylic acids is 2. The van der Waals surface area contributed by atoms with Crippen LogP contribution in [0.25, 0.3) is 0 Å². The first-order chi connectivity index (χ1) is 14.5. The molecule has 0 aliphatic carbocycles. The number of benzene rings is 2. The quantitative estimate of drug-likeness (QED) is 0.633. The van der Waals surface area contributed by atoms with Crippen LogP contribution in [0.15, 0.2) is 47.6 Å². The highest BCUT2D eigenvalue weighted by atomic mass is 35.5. The Kier molecular flexibility index (Phi) is 4.00. The first-order valence-corrected chi connectivity index (χ1v) is 10.6. The molecule has 2 bridgehead atoms. The number of imide groups is 1. The number of fused-ring (bicyclic) bond motifs is 8. The van der Waals surface area contributed by atoms with E-state index in [0.717, 1.165) is 0 Å². The standard InChI is InChI=1S/C21H13Cl3N2O4/c22-8-1-4-10(5-2-8)26-20(27)13-14(21(26)28)18-19-15(17(13)29-18)16(25-30-19)11-6-3-9(23)7-12(11)24/h1-7,13-15,17-19H/t13-,14+,15-,17+,18-,19-/m0/s1. The zero-order valence-corrected chi connectivity index (χ0v) is 17.4. The largest absolute Gasteiger partial charge is 0.389 e. The summed E-state index contributed by atoms with van der Waals surface area (Å²) in [6.45, 7) is 0. The molecule has 152 valence electrons. The van der Waals surface area contributed by atoms with Gasteiger partial charge in [-0.2, -0.15) is 0 Å². The maximum absolute atomic E-state index is 13.3. The van der Waals surface area contributed by atoms with Crippen LogP contribution in [-0.4, -0.2) is 35.8 Å². The predicted molar refractivity (Wildman–Crippen MR) is 111 cm³/mol. The van der Waals surface area contributed by atoms with Crippen LogP contribution in [0.4, 0.5) is 5.69 Å². The zero-order valence-electron chi connectivity index (χ0n) is 15.2. The third kappa shape index (κ3) is 2.39. The zero-order chi connectivity index (χ0) is 20.7. The highest BCUT2D eigenvalue weighted by molar-refractivity contribution is 6.37. The molecule has 4 heterocycles. The molecule has 9 heteroatoms. The number of halogens is 3. The number of oxime groups is 1. The molecule has 3 fully saturated rings. The minimum absolute atomic E-state index is 0.272. The molecular weight excluding hydrogens is 451 g/mol. The van der Waals surface area contributed by atoms with Crippen molar-refractivity contribution in [1.82, 2.24) is 0 Å². The van der Waals surface area contributed by atoms with Gasteiger partial charge in [0.25, 0.3) is 0 Å². The Morgan fingerprint density at radius 1 is 0.800 bits per heavy atom. The topological polar surface area (TPSA) is 68.2 Å². The summed E-state index contributed by atoms with van der Waals surface area (Å²) in [4.78, 5) is 33.4. The minimum Gasteiger partial charge on any atom is -0.389 e. The molecule has 4 aliphatic heterocycles. The summed E-state index contributed by atoms with van der Waals surface area (Å²) < 4.78 is 6.10. The van der Waals surface area contributed by atoms with Gasteiger partial charge in [0, 0.05) is 15.6 Å². The van der Waals surface area contributed by atoms with Gasteiger partial charge in [-0.3, -0.25) is 9.59 Å². The Morgan fingerprint density at radius 2 is 1.47 bits per heavy atom. The van der Waals surface area contributed by atoms with Crippen molar-refractivity contribution in [3.05, 3.63) is 63.1 Å². The Morgan fingerprint density at radius 3 is 2.17 bits per heavy atom. The van der Waals surface area contributed by atoms with E-state index in [0.29, 0.717) is 32.0 Å². The highest BCUT2D eigenvalue weighted by Gasteiger charge is 2.72. The molecule has 3 saturated heterocycles. The average molecular weight is 464 g/mol. The van der Waals surface area contributed by atoms with Gasteiger partial charge < -0.3 is 9.57 Å². The fourth-order valence-corrected chi connectivity index (χ4v) is 5.75. The van der Waals surface area contributed by atoms with Crippen molar-refractivity contribution in [1.29, 1.82) is 0 Å². The Balaban J connectivity index is 1.36. The maximum Gasteiger partial charge on any atom is 0.240 e. The molecule has 2 aromatic rings. The monoisotopic (exact) mass is 462 g/mol. The van der Waals surface area contributed by atoms with E-state index in [1.165, 1.54) is 4.90 Å². The summed E-state index contributed by atoms with van der Waals surface area (Å²) in [6, 6.07) is 11.8. The number of anilines is 1. The van der Waals surface area contributed by atoms with Crippen LogP contribution in [0.1, 0.15) is 5.56 Å². The molecule has 2 amide bonds. The van der Waals surface area contributed by atoms with Crippen molar-refractivity contribution in [2.45, 2.75) is 18.3 Å². The first kappa shape index (κ1) is 18.6. The van der Waals surface area contributed by atoms with Gasteiger partial charge in [0.05, 0.1) is 40.3 Å². The SMILES string of the molecule is O=C1[C@@H]2[C@H]3O[C@H]([C@H]4ON=C(c5ccc(Cl)cc5Cl)[C@H]43)[C@@H]2C(=O)N1c1ccc(Cl)cc1. The number of nitrogens with zero attached hydrogens (tertiary/aromatic N) is 2. The van der Waals surface area contributed by atoms with Crippen molar-refractivity contribution < 1.29 is 19.2 Å². The number of hydrogen-bond acceptors (Lipinski definition) is 5. The van der Waals surface area contributed by atoms with E-state index in [9.17, 15) is 9.59 Å². The van der Waals surface area contributed by atoms with Crippen LogP contribution < -0.4 is 4.90 Å². The van der Waals surface area contributed by atoms with Gasteiger partial charge in [-0.15, -0.1) is 0 Å². The van der Waals surface area contributed by atoms with Crippen molar-refractivity contribution >= 4 is 58.0 Å². The van der Waals surface area contributed by atoms with Crippen LogP contribution in [0.5, 0.6) is 0 Å². The summed E-state index contributed by atoms with van der Waals surface area (Å²) in [7, 11) is 0. The fraction of sp³-hybridized carbons (Fsp3) is 0.286. The van der Waals surface area contributed by atoms with Crippen LogP contribution in [0.3, 0.4) is 0 Å². The van der Waals surface area contributed by atoms with E-state index in [-0.39, 0.29) is 17.7 Å². The Labute approximate surface area is 186 Å². The average Bonchev–Trinajstić information content (AvgIpc) is 3.44. The third-order valence-corrected chi connectivity index (χ3v) is 7.13. The molecule has 0 unspecified atom stereocenters. The number of rotatable bonds is 2. The first-order valence-electron chi connectivity index (χ1n) is 9.43.